The fourth-order valence-electron chi connectivity index (χ4n) is 6.37. The Hall–Kier alpha value is -4.86. The zero-order valence-electron chi connectivity index (χ0n) is 22.1. The molecule has 5 aromatic carbocycles. The molecule has 0 N–H and O–H groups in total. The molecule has 40 heavy (non-hydrogen) atoms. The molecule has 0 atom stereocenters. The highest BCUT2D eigenvalue weighted by molar-refractivity contribution is 7.26. The molecule has 190 valence electrons. The third-order valence-electron chi connectivity index (χ3n) is 8.02. The molecule has 0 saturated carbocycles. The summed E-state index contributed by atoms with van der Waals surface area (Å²) in [5, 5.41) is 6.36. The molecule has 3 heterocycles. The number of para-hydroxylation sites is 3. The molecule has 8 rings (SSSR count). The van der Waals surface area contributed by atoms with Crippen LogP contribution in [-0.2, 0) is 0 Å². The zero-order chi connectivity index (χ0) is 26.8. The predicted octanol–water partition coefficient (Wildman–Crippen LogP) is 10.8. The number of thiophene rings is 1. The summed E-state index contributed by atoms with van der Waals surface area (Å²) in [6, 6.07) is 39.7. The first-order valence-electron chi connectivity index (χ1n) is 13.6. The van der Waals surface area contributed by atoms with E-state index in [1.807, 2.05) is 17.4 Å². The first-order valence-corrected chi connectivity index (χ1v) is 14.4. The maximum atomic E-state index is 4.21. The van der Waals surface area contributed by atoms with Crippen molar-refractivity contribution in [2.45, 2.75) is 6.92 Å². The normalized spacial score (nSPS) is 12.1. The summed E-state index contributed by atoms with van der Waals surface area (Å²) in [6.45, 7) is 6.28. The summed E-state index contributed by atoms with van der Waals surface area (Å²) < 4.78 is 7.35. The van der Waals surface area contributed by atoms with Crippen LogP contribution in [0.3, 0.4) is 0 Å². The molecule has 0 unspecified atom stereocenters. The van der Waals surface area contributed by atoms with Gasteiger partial charge >= 0.3 is 0 Å². The van der Waals surface area contributed by atoms with Gasteiger partial charge in [-0.25, -0.2) is 0 Å². The molecule has 0 aliphatic carbocycles. The molecule has 0 amide bonds. The van der Waals surface area contributed by atoms with Crippen molar-refractivity contribution in [3.8, 4) is 11.4 Å². The van der Waals surface area contributed by atoms with Crippen LogP contribution in [0.4, 0.5) is 0 Å². The number of aromatic nitrogens is 2. The lowest BCUT2D eigenvalue weighted by molar-refractivity contribution is 1.12. The lowest BCUT2D eigenvalue weighted by Gasteiger charge is -2.11. The third kappa shape index (κ3) is 3.16. The highest BCUT2D eigenvalue weighted by Crippen LogP contribution is 2.42. The van der Waals surface area contributed by atoms with Gasteiger partial charge in [0.2, 0.25) is 0 Å². The summed E-state index contributed by atoms with van der Waals surface area (Å²) in [7, 11) is 0. The summed E-state index contributed by atoms with van der Waals surface area (Å²) >= 11 is 1.86. The van der Waals surface area contributed by atoms with Crippen molar-refractivity contribution in [2.75, 3.05) is 0 Å². The first-order chi connectivity index (χ1) is 19.8. The Labute approximate surface area is 236 Å². The highest BCUT2D eigenvalue weighted by atomic mass is 32.1. The fraction of sp³-hybridized carbons (Fsp3) is 0.0270. The largest absolute Gasteiger partial charge is 0.309 e. The number of fused-ring (bicyclic) bond motifs is 7. The molecular weight excluding hydrogens is 504 g/mol. The Morgan fingerprint density at radius 3 is 1.93 bits per heavy atom. The zero-order valence-corrected chi connectivity index (χ0v) is 23.0. The number of nitrogens with zero attached hydrogens (tertiary/aromatic N) is 2. The van der Waals surface area contributed by atoms with Crippen LogP contribution in [0.15, 0.2) is 122 Å². The maximum Gasteiger partial charge on any atom is 0.0640 e. The fourth-order valence-corrected chi connectivity index (χ4v) is 7.56. The van der Waals surface area contributed by atoms with Crippen molar-refractivity contribution >= 4 is 76.4 Å². The Morgan fingerprint density at radius 2 is 1.25 bits per heavy atom. The van der Waals surface area contributed by atoms with E-state index in [2.05, 4.69) is 144 Å². The molecule has 8 aromatic rings. The van der Waals surface area contributed by atoms with Crippen LogP contribution in [0.1, 0.15) is 18.2 Å². The van der Waals surface area contributed by atoms with Crippen molar-refractivity contribution in [3.05, 3.63) is 133 Å². The first kappa shape index (κ1) is 23.1. The van der Waals surface area contributed by atoms with Crippen molar-refractivity contribution in [1.82, 2.24) is 9.13 Å². The smallest absolute Gasteiger partial charge is 0.0640 e. The summed E-state index contributed by atoms with van der Waals surface area (Å²) in [5.41, 5.74) is 8.36. The van der Waals surface area contributed by atoms with E-state index >= 15 is 0 Å². The van der Waals surface area contributed by atoms with E-state index in [-0.39, 0.29) is 0 Å². The van der Waals surface area contributed by atoms with Crippen LogP contribution >= 0.6 is 11.3 Å². The number of hydrogen-bond donors (Lipinski definition) is 0. The van der Waals surface area contributed by atoms with Crippen LogP contribution in [0, 0.1) is 0 Å². The van der Waals surface area contributed by atoms with Gasteiger partial charge in [0.15, 0.2) is 0 Å². The monoisotopic (exact) mass is 530 g/mol. The second kappa shape index (κ2) is 8.84. The number of benzene rings is 5. The Morgan fingerprint density at radius 1 is 0.625 bits per heavy atom. The van der Waals surface area contributed by atoms with Crippen LogP contribution in [0.25, 0.3) is 76.4 Å². The van der Waals surface area contributed by atoms with Crippen LogP contribution in [-0.4, -0.2) is 9.13 Å². The summed E-state index contributed by atoms with van der Waals surface area (Å²) in [5.74, 6) is 0. The van der Waals surface area contributed by atoms with Crippen LogP contribution in [0.2, 0.25) is 0 Å². The minimum atomic E-state index is 1.12. The van der Waals surface area contributed by atoms with Crippen LogP contribution < -0.4 is 0 Å². The molecule has 0 bridgehead atoms. The third-order valence-corrected chi connectivity index (χ3v) is 9.23. The quantitative estimate of drug-likeness (QED) is 0.214. The molecule has 0 saturated heterocycles. The Balaban J connectivity index is 1.42. The van der Waals surface area contributed by atoms with E-state index in [4.69, 9.17) is 0 Å². The molecule has 0 radical (unpaired) electrons. The van der Waals surface area contributed by atoms with Crippen molar-refractivity contribution in [3.63, 3.8) is 0 Å². The van der Waals surface area contributed by atoms with Gasteiger partial charge in [-0.15, -0.1) is 11.3 Å². The maximum absolute atomic E-state index is 4.21. The molecule has 0 spiro atoms. The van der Waals surface area contributed by atoms with Crippen molar-refractivity contribution in [1.29, 1.82) is 0 Å². The van der Waals surface area contributed by atoms with E-state index in [0.29, 0.717) is 0 Å². The number of hydrogen-bond acceptors (Lipinski definition) is 1. The Kier molecular flexibility index (Phi) is 5.10. The van der Waals surface area contributed by atoms with Crippen molar-refractivity contribution < 1.29 is 0 Å². The molecule has 0 fully saturated rings. The van der Waals surface area contributed by atoms with Gasteiger partial charge in [0.25, 0.3) is 0 Å². The highest BCUT2D eigenvalue weighted by Gasteiger charge is 2.19. The van der Waals surface area contributed by atoms with E-state index in [0.717, 1.165) is 5.69 Å². The average molecular weight is 531 g/mol. The van der Waals surface area contributed by atoms with Gasteiger partial charge in [0, 0.05) is 42.9 Å². The van der Waals surface area contributed by atoms with Gasteiger partial charge in [-0.2, -0.15) is 0 Å². The summed E-state index contributed by atoms with van der Waals surface area (Å²) in [6.07, 6.45) is 6.29. The van der Waals surface area contributed by atoms with Gasteiger partial charge < -0.3 is 9.13 Å². The van der Waals surface area contributed by atoms with E-state index in [1.54, 1.807) is 0 Å². The number of allylic oxidation sites excluding steroid dienone is 1. The molecule has 0 aliphatic heterocycles. The predicted molar refractivity (Wildman–Crippen MR) is 175 cm³/mol. The molecule has 2 nitrogen and oxygen atoms in total. The summed E-state index contributed by atoms with van der Waals surface area (Å²) in [4.78, 5) is 0. The molecule has 0 aliphatic rings. The SMILES string of the molecule is C=Cc1c(/C=C\C)c2ccccc2n1-c1cccc2c1sc1ccc(-n3c4ccccc4c4ccccc43)cc12. The second-order valence-electron chi connectivity index (χ2n) is 10.2. The van der Waals surface area contributed by atoms with Gasteiger partial charge in [0.1, 0.15) is 0 Å². The molecule has 3 aromatic heterocycles. The van der Waals surface area contributed by atoms with E-state index < -0.39 is 0 Å². The average Bonchev–Trinajstić information content (AvgIpc) is 3.65. The minimum absolute atomic E-state index is 1.12. The number of rotatable bonds is 4. The Bertz CT molecular complexity index is 2250. The topological polar surface area (TPSA) is 9.86 Å². The van der Waals surface area contributed by atoms with Gasteiger partial charge in [-0.05, 0) is 55.5 Å². The minimum Gasteiger partial charge on any atom is -0.309 e. The van der Waals surface area contributed by atoms with Crippen LogP contribution in [0.5, 0.6) is 0 Å². The lowest BCUT2D eigenvalue weighted by atomic mass is 10.1. The van der Waals surface area contributed by atoms with E-state index in [9.17, 15) is 0 Å². The van der Waals surface area contributed by atoms with Crippen molar-refractivity contribution in [2.24, 2.45) is 0 Å². The molecule has 3 heteroatoms. The molecular formula is C37H26N2S. The van der Waals surface area contributed by atoms with E-state index in [1.165, 1.54) is 69.8 Å². The second-order valence-corrected chi connectivity index (χ2v) is 11.2. The van der Waals surface area contributed by atoms with Gasteiger partial charge in [-0.1, -0.05) is 85.5 Å². The standard InChI is InChI=1S/C37H26N2S/c1-3-12-25-26-13-7-10-19-34(26)39(31(25)4-2)35-20-11-16-29-30-23-24(21-22-36(30)40-37(29)35)38-32-17-8-5-14-27(32)28-15-6-9-18-33(28)38/h3-23H,2H2,1H3/b12-3-. The van der Waals surface area contributed by atoms with Gasteiger partial charge in [-0.3, -0.25) is 0 Å². The van der Waals surface area contributed by atoms with Gasteiger partial charge in [0.05, 0.1) is 32.6 Å². The lowest BCUT2D eigenvalue weighted by Crippen LogP contribution is -1.97.